The van der Waals surface area contributed by atoms with E-state index in [1.807, 2.05) is 18.5 Å². The molecule has 0 radical (unpaired) electrons. The molecule has 19 rings (SSSR count). The maximum absolute atomic E-state index is 7.22. The normalized spacial score (nSPS) is 13.8. The molecule has 148 heavy (non-hydrogen) atoms. The van der Waals surface area contributed by atoms with Gasteiger partial charge in [0.15, 0.2) is 0 Å². The zero-order valence-corrected chi connectivity index (χ0v) is 96.9. The van der Waals surface area contributed by atoms with Crippen LogP contribution in [0.3, 0.4) is 0 Å². The zero-order chi connectivity index (χ0) is 104. The number of hydrogen-bond donors (Lipinski definition) is 0. The molecule has 6 heterocycles. The summed E-state index contributed by atoms with van der Waals surface area (Å²) in [5, 5.41) is 4.46. The number of allylic oxidation sites excluding steroid dienone is 4. The van der Waals surface area contributed by atoms with Gasteiger partial charge in [0.1, 0.15) is 11.6 Å². The largest absolute Gasteiger partial charge is 0.509 e. The number of anilines is 4. The van der Waals surface area contributed by atoms with E-state index in [9.17, 15) is 0 Å². The van der Waals surface area contributed by atoms with Crippen molar-refractivity contribution in [2.75, 3.05) is 19.6 Å². The van der Waals surface area contributed by atoms with E-state index in [-0.39, 0.29) is 103 Å². The van der Waals surface area contributed by atoms with Gasteiger partial charge in [-0.15, -0.1) is 107 Å². The van der Waals surface area contributed by atoms with E-state index in [4.69, 9.17) is 19.4 Å². The van der Waals surface area contributed by atoms with Crippen LogP contribution in [0.2, 0.25) is 0 Å². The first kappa shape index (κ1) is 108. The van der Waals surface area contributed by atoms with E-state index in [2.05, 4.69) is 565 Å². The first-order valence-corrected chi connectivity index (χ1v) is 52.3. The molecule has 0 N–H and O–H groups in total. The number of nitrogens with zero attached hydrogens (tertiary/aromatic N) is 8. The van der Waals surface area contributed by atoms with Crippen LogP contribution in [-0.2, 0) is 69.2 Å². The molecule has 12 heteroatoms. The van der Waals surface area contributed by atoms with Crippen molar-refractivity contribution < 1.29 is 51.6 Å². The summed E-state index contributed by atoms with van der Waals surface area (Å²) in [4.78, 5) is 19.5. The molecular weight excluding hydrogens is 2170 g/mol. The second kappa shape index (κ2) is 41.4. The van der Waals surface area contributed by atoms with Crippen LogP contribution in [0.1, 0.15) is 287 Å². The van der Waals surface area contributed by atoms with Gasteiger partial charge in [0, 0.05) is 161 Å². The minimum atomic E-state index is -0.310. The first-order valence-electron chi connectivity index (χ1n) is 52.3. The van der Waals surface area contributed by atoms with Crippen molar-refractivity contribution in [1.82, 2.24) is 19.1 Å². The summed E-state index contributed by atoms with van der Waals surface area (Å²) in [6, 6.07) is 123. The van der Waals surface area contributed by atoms with Crippen molar-refractivity contribution in [3.63, 3.8) is 0 Å². The van der Waals surface area contributed by atoms with E-state index in [1.165, 1.54) is 95.1 Å². The number of fused-ring (bicyclic) bond motifs is 6. The minimum absolute atomic E-state index is 0. The molecule has 0 bridgehead atoms. The van der Waals surface area contributed by atoms with Crippen LogP contribution < -0.4 is 29.1 Å². The van der Waals surface area contributed by atoms with Crippen molar-refractivity contribution in [3.8, 4) is 56.9 Å². The van der Waals surface area contributed by atoms with E-state index in [0.29, 0.717) is 28.9 Å². The monoisotopic (exact) mass is 2310 g/mol. The fraction of sp³-hybridized carbons (Fsp3) is 0.309. The van der Waals surface area contributed by atoms with Crippen LogP contribution in [0.15, 0.2) is 332 Å². The van der Waals surface area contributed by atoms with Crippen molar-refractivity contribution >= 4 is 66.4 Å². The Morgan fingerprint density at radius 3 is 1.01 bits per heavy atom. The number of pyridine rings is 2. The molecule has 2 aliphatic heterocycles. The molecule has 13 aromatic carbocycles. The number of rotatable bonds is 21. The number of hydrogen-bond acceptors (Lipinski definition) is 8. The molecule has 0 atom stereocenters. The van der Waals surface area contributed by atoms with Crippen LogP contribution in [0.25, 0.3) is 77.5 Å². The second-order valence-electron chi connectivity index (χ2n) is 48.9. The van der Waals surface area contributed by atoms with E-state index < -0.39 is 0 Å². The third kappa shape index (κ3) is 21.4. The van der Waals surface area contributed by atoms with Crippen molar-refractivity contribution in [2.45, 2.75) is 253 Å². The average molecular weight is 2310 g/mol. The van der Waals surface area contributed by atoms with Crippen molar-refractivity contribution in [3.05, 3.63) is 431 Å². The Morgan fingerprint density at radius 2 is 0.608 bits per heavy atom. The first-order chi connectivity index (χ1) is 68.9. The summed E-state index contributed by atoms with van der Waals surface area (Å²) in [5.41, 5.74) is 29.5. The molecule has 0 saturated heterocycles. The van der Waals surface area contributed by atoms with Gasteiger partial charge < -0.3 is 38.2 Å². The standard InChI is InChI=1S/C74H81N4O.C62H65N4O.2Pt/c1-48(2)60-32-26-33-61(49(3)4)67(60)50-39-56(45-59(40-50)79-58-35-36-63-62-31-24-25-34-64(62)78(65(63)46-58)66-44-53(37-38-75-66)70(5,6)7)76-47-77(69(72(11,12)13)68(76)71(8,9)10)57-42-54(73(14,15)51-27-20-18-21-28-51)41-55(43-57)74(16,17)52-29-22-19-23-30-52;1-41(2)50-23-17-18-24-51(50)42-35-47(65-40-64(57(60(6,7)8)58(65)61(9,10)11)46-29-27-44(28-30-46)62(12,13)43-21-15-14-16-22-43)38-49(36-42)67-48-31-32-53-52-25-19-20-26-54(52)66(55(53)39-48)56-37-45(33-34-63-56)59(3,4)5;;/h18-44,47-49H,1-17H3;14-37,40-41H,1-13H3;;/q2*-3;;. The van der Waals surface area contributed by atoms with Crippen LogP contribution in [-0.4, -0.2) is 19.1 Å². The van der Waals surface area contributed by atoms with Gasteiger partial charge in [0.2, 0.25) is 0 Å². The molecule has 0 fully saturated rings. The summed E-state index contributed by atoms with van der Waals surface area (Å²) in [7, 11) is 0. The Hall–Kier alpha value is -12.6. The van der Waals surface area contributed by atoms with Crippen molar-refractivity contribution in [2.24, 2.45) is 21.7 Å². The molecule has 0 spiro atoms. The molecule has 768 valence electrons. The minimum Gasteiger partial charge on any atom is -0.509 e. The van der Waals surface area contributed by atoms with Gasteiger partial charge in [-0.05, 0) is 172 Å². The van der Waals surface area contributed by atoms with Gasteiger partial charge in [-0.2, -0.15) is 12.1 Å². The average Bonchev–Trinajstić information content (AvgIpc) is 1.57. The predicted octanol–water partition coefficient (Wildman–Crippen LogP) is 36.9. The zero-order valence-electron chi connectivity index (χ0n) is 92.4. The van der Waals surface area contributed by atoms with E-state index in [1.54, 1.807) is 0 Å². The van der Waals surface area contributed by atoms with Gasteiger partial charge in [-0.25, -0.2) is 9.97 Å². The number of ether oxygens (including phenoxy) is 2. The van der Waals surface area contributed by atoms with Gasteiger partial charge in [0.25, 0.3) is 0 Å². The second-order valence-corrected chi connectivity index (χ2v) is 48.9. The van der Waals surface area contributed by atoms with Gasteiger partial charge in [-0.3, -0.25) is 0 Å². The molecule has 17 aromatic rings. The van der Waals surface area contributed by atoms with E-state index >= 15 is 0 Å². The molecule has 0 saturated carbocycles. The van der Waals surface area contributed by atoms with Gasteiger partial charge in [0.05, 0.1) is 0 Å². The van der Waals surface area contributed by atoms with E-state index in [0.717, 1.165) is 89.1 Å². The quantitative estimate of drug-likeness (QED) is 0.0660. The Bertz CT molecular complexity index is 7710. The van der Waals surface area contributed by atoms with Crippen LogP contribution in [0.4, 0.5) is 22.7 Å². The molecule has 0 amide bonds. The third-order valence-corrected chi connectivity index (χ3v) is 29.7. The fourth-order valence-corrected chi connectivity index (χ4v) is 21.6. The number of benzene rings is 13. The molecule has 0 aliphatic carbocycles. The van der Waals surface area contributed by atoms with Crippen LogP contribution >= 0.6 is 0 Å². The Labute approximate surface area is 911 Å². The number of para-hydroxylation sites is 2. The molecule has 4 aromatic heterocycles. The topological polar surface area (TPSA) is 67.1 Å². The predicted molar refractivity (Wildman–Crippen MR) is 615 cm³/mol. The molecule has 10 nitrogen and oxygen atoms in total. The third-order valence-electron chi connectivity index (χ3n) is 29.7. The Kier molecular flexibility index (Phi) is 30.2. The van der Waals surface area contributed by atoms with Crippen LogP contribution in [0.5, 0.6) is 23.0 Å². The molecule has 0 unspecified atom stereocenters. The maximum Gasteiger partial charge on any atom is 0.135 e. The molecule has 2 aliphatic rings. The SMILES string of the molecule is CC(C)c1cccc(C(C)C)c1-c1cc(Oc2[c-]c3c(cc2)c2ccccc2n3-c2cc(C(C)(C)C)ccn2)[c-]c(N2[CH-]N(c3cc(C(C)(C)c4ccccc4)cc(C(C)(C)c4ccccc4)c3)C(C(C)(C)C)=C2C(C)(C)C)c1.CC(C)c1ccccc1-c1cc(Oc2[c-]c3c(cc2)c2ccccc2n3-c2cc(C(C)(C)C)ccn2)[c-]c(N2[CH-]N(c3ccc(C(C)(C)c4ccccc4)cc3)C(C(C)(C)C)=C2C(C)(C)C)c1.[Pt].[Pt]. The maximum atomic E-state index is 7.22. The summed E-state index contributed by atoms with van der Waals surface area (Å²) in [6.07, 6.45) is 3.84. The fourth-order valence-electron chi connectivity index (χ4n) is 21.6. The van der Waals surface area contributed by atoms with Crippen LogP contribution in [0, 0.1) is 59.3 Å². The number of aromatic nitrogens is 4. The summed E-state index contributed by atoms with van der Waals surface area (Å²) in [5.74, 6) is 5.01. The van der Waals surface area contributed by atoms with Gasteiger partial charge >= 0.3 is 0 Å². The Balaban J connectivity index is 0.000000211. The summed E-state index contributed by atoms with van der Waals surface area (Å²) >= 11 is 0. The summed E-state index contributed by atoms with van der Waals surface area (Å²) < 4.78 is 18.7. The smallest absolute Gasteiger partial charge is 0.135 e. The molecular formula is C136H146N8O2Pt2-6. The summed E-state index contributed by atoms with van der Waals surface area (Å²) in [6.45, 7) is 73.8. The Morgan fingerprint density at radius 1 is 0.264 bits per heavy atom. The van der Waals surface area contributed by atoms with Crippen molar-refractivity contribution in [1.29, 1.82) is 0 Å². The van der Waals surface area contributed by atoms with Gasteiger partial charge in [-0.1, -0.05) is 407 Å².